The highest BCUT2D eigenvalue weighted by Gasteiger charge is 2.62. The lowest BCUT2D eigenvalue weighted by Gasteiger charge is -2.58. The quantitative estimate of drug-likeness (QED) is 0.495. The predicted octanol–water partition coefficient (Wildman–Crippen LogP) is 4.14. The Balaban J connectivity index is 1.42. The number of aliphatic hydroxyl groups excluding tert-OH is 2. The van der Waals surface area contributed by atoms with Crippen molar-refractivity contribution in [3.05, 3.63) is 34.9 Å². The van der Waals surface area contributed by atoms with E-state index in [0.29, 0.717) is 23.8 Å². The zero-order valence-corrected chi connectivity index (χ0v) is 20.3. The largest absolute Gasteiger partial charge is 0.458 e. The number of carbonyl (C=O) groups excluding carboxylic acids is 2. The van der Waals surface area contributed by atoms with Crippen molar-refractivity contribution in [2.24, 2.45) is 40.4 Å². The van der Waals surface area contributed by atoms with Crippen LogP contribution in [-0.4, -0.2) is 40.8 Å². The Bertz CT molecular complexity index is 959. The molecule has 0 bridgehead atoms. The van der Waals surface area contributed by atoms with Crippen molar-refractivity contribution in [2.75, 3.05) is 6.61 Å². The molecule has 0 aromatic rings. The molecule has 0 aromatic heterocycles. The van der Waals surface area contributed by atoms with Crippen LogP contribution in [0.3, 0.4) is 0 Å². The van der Waals surface area contributed by atoms with Crippen LogP contribution >= 0.6 is 0 Å². The molecule has 5 nitrogen and oxygen atoms in total. The minimum atomic E-state index is -0.499. The van der Waals surface area contributed by atoms with Gasteiger partial charge in [-0.15, -0.1) is 0 Å². The molecule has 9 atom stereocenters. The number of esters is 1. The van der Waals surface area contributed by atoms with Gasteiger partial charge in [0.25, 0.3) is 0 Å². The molecule has 5 rings (SSSR count). The average Bonchev–Trinajstić information content (AvgIpc) is 3.12. The summed E-state index contributed by atoms with van der Waals surface area (Å²) in [6.07, 6.45) is 10.6. The molecule has 1 unspecified atom stereocenters. The molecule has 0 spiro atoms. The number of ether oxygens (including phenoxy) is 1. The van der Waals surface area contributed by atoms with Crippen molar-refractivity contribution < 1.29 is 24.5 Å². The molecule has 0 aromatic carbocycles. The Hall–Kier alpha value is -1.72. The zero-order chi connectivity index (χ0) is 23.7. The van der Waals surface area contributed by atoms with E-state index < -0.39 is 11.5 Å². The number of hydrogen-bond acceptors (Lipinski definition) is 5. The van der Waals surface area contributed by atoms with Crippen molar-refractivity contribution in [3.63, 3.8) is 0 Å². The van der Waals surface area contributed by atoms with Gasteiger partial charge in [0.05, 0.1) is 23.7 Å². The summed E-state index contributed by atoms with van der Waals surface area (Å²) in [5, 5.41) is 20.8. The first-order valence-electron chi connectivity index (χ1n) is 12.7. The maximum absolute atomic E-state index is 13.1. The van der Waals surface area contributed by atoms with E-state index in [0.717, 1.165) is 43.3 Å². The molecule has 1 aliphatic heterocycles. The number of allylic oxidation sites excluding steroid dienone is 3. The summed E-state index contributed by atoms with van der Waals surface area (Å²) in [5.74, 6) is 1.07. The van der Waals surface area contributed by atoms with Gasteiger partial charge in [0.1, 0.15) is 6.10 Å². The summed E-state index contributed by atoms with van der Waals surface area (Å²) in [6.45, 7) is 8.37. The van der Waals surface area contributed by atoms with Crippen molar-refractivity contribution in [1.29, 1.82) is 0 Å². The highest BCUT2D eigenvalue weighted by Crippen LogP contribution is 2.66. The van der Waals surface area contributed by atoms with Gasteiger partial charge >= 0.3 is 5.97 Å². The lowest BCUT2D eigenvalue weighted by molar-refractivity contribution is -0.153. The summed E-state index contributed by atoms with van der Waals surface area (Å²) < 4.78 is 5.82. The second-order valence-electron chi connectivity index (χ2n) is 11.8. The highest BCUT2D eigenvalue weighted by atomic mass is 16.5. The summed E-state index contributed by atoms with van der Waals surface area (Å²) in [4.78, 5) is 25.5. The van der Waals surface area contributed by atoms with Crippen molar-refractivity contribution in [3.8, 4) is 0 Å². The van der Waals surface area contributed by atoms with Gasteiger partial charge in [0.15, 0.2) is 5.78 Å². The number of cyclic esters (lactones) is 1. The highest BCUT2D eigenvalue weighted by molar-refractivity contribution is 5.98. The zero-order valence-electron chi connectivity index (χ0n) is 20.3. The summed E-state index contributed by atoms with van der Waals surface area (Å²) >= 11 is 0. The third kappa shape index (κ3) is 3.18. The third-order valence-corrected chi connectivity index (χ3v) is 10.6. The van der Waals surface area contributed by atoms with E-state index in [-0.39, 0.29) is 47.6 Å². The van der Waals surface area contributed by atoms with Crippen LogP contribution in [0.15, 0.2) is 34.9 Å². The molecule has 2 N–H and O–H groups in total. The second-order valence-corrected chi connectivity index (χ2v) is 11.8. The fourth-order valence-electron chi connectivity index (χ4n) is 8.67. The molecule has 2 saturated carbocycles. The number of ketones is 1. The van der Waals surface area contributed by atoms with Gasteiger partial charge in [-0.3, -0.25) is 4.79 Å². The van der Waals surface area contributed by atoms with E-state index in [1.165, 1.54) is 0 Å². The molecule has 4 aliphatic carbocycles. The van der Waals surface area contributed by atoms with Crippen LogP contribution < -0.4 is 0 Å². The Morgan fingerprint density at radius 2 is 1.94 bits per heavy atom. The van der Waals surface area contributed by atoms with Gasteiger partial charge in [-0.25, -0.2) is 4.79 Å². The fraction of sp³-hybridized carbons (Fsp3) is 0.714. The second kappa shape index (κ2) is 7.91. The first kappa shape index (κ1) is 23.0. The molecular formula is C28H38O5. The lowest BCUT2D eigenvalue weighted by atomic mass is 9.46. The molecule has 5 heteroatoms. The van der Waals surface area contributed by atoms with E-state index in [1.807, 2.05) is 19.1 Å². The number of rotatable bonds is 3. The van der Waals surface area contributed by atoms with Gasteiger partial charge in [-0.2, -0.15) is 0 Å². The molecule has 0 radical (unpaired) electrons. The maximum Gasteiger partial charge on any atom is 0.336 e. The Kier molecular flexibility index (Phi) is 5.52. The molecule has 0 saturated heterocycles. The standard InChI is InChI=1S/C28H38O5/c1-15-12-23(33-26(32)18(15)14-29)16(2)19-8-9-20-25-21(10-11-27(19,20)3)28(4)17(13-22(25)30)6-5-7-24(28)31/h5,7,13,16,19-23,25,29-30H,6,8-12,14H2,1-4H3/t16-,19+,20-,21-,22-,23?,25-,27+,28-/m0/s1. The van der Waals surface area contributed by atoms with E-state index >= 15 is 0 Å². The fourth-order valence-corrected chi connectivity index (χ4v) is 8.67. The van der Waals surface area contributed by atoms with Crippen LogP contribution in [0, 0.1) is 40.4 Å². The maximum atomic E-state index is 13.1. The topological polar surface area (TPSA) is 83.8 Å². The Labute approximate surface area is 197 Å². The van der Waals surface area contributed by atoms with Gasteiger partial charge in [0, 0.05) is 6.42 Å². The normalized spacial score (nSPS) is 45.7. The molecule has 180 valence electrons. The molecule has 0 amide bonds. The van der Waals surface area contributed by atoms with Crippen LogP contribution in [0.1, 0.15) is 66.2 Å². The van der Waals surface area contributed by atoms with Gasteiger partial charge in [0.2, 0.25) is 0 Å². The third-order valence-electron chi connectivity index (χ3n) is 10.6. The Morgan fingerprint density at radius 3 is 2.64 bits per heavy atom. The van der Waals surface area contributed by atoms with Gasteiger partial charge < -0.3 is 14.9 Å². The predicted molar refractivity (Wildman–Crippen MR) is 125 cm³/mol. The van der Waals surface area contributed by atoms with E-state index in [9.17, 15) is 19.8 Å². The van der Waals surface area contributed by atoms with Gasteiger partial charge in [-0.05, 0) is 87.0 Å². The number of fused-ring (bicyclic) bond motifs is 5. The summed E-state index contributed by atoms with van der Waals surface area (Å²) in [7, 11) is 0. The van der Waals surface area contributed by atoms with E-state index in [1.54, 1.807) is 6.08 Å². The first-order valence-corrected chi connectivity index (χ1v) is 12.7. The molecular weight excluding hydrogens is 416 g/mol. The number of carbonyl (C=O) groups is 2. The average molecular weight is 455 g/mol. The van der Waals surface area contributed by atoms with Crippen LogP contribution in [0.5, 0.6) is 0 Å². The minimum Gasteiger partial charge on any atom is -0.458 e. The van der Waals surface area contributed by atoms with Crippen LogP contribution in [0.2, 0.25) is 0 Å². The minimum absolute atomic E-state index is 0.0537. The van der Waals surface area contributed by atoms with Crippen molar-refractivity contribution >= 4 is 11.8 Å². The molecule has 1 heterocycles. The smallest absolute Gasteiger partial charge is 0.336 e. The van der Waals surface area contributed by atoms with Crippen molar-refractivity contribution in [2.45, 2.75) is 78.4 Å². The molecule has 2 fully saturated rings. The molecule has 33 heavy (non-hydrogen) atoms. The van der Waals surface area contributed by atoms with Crippen LogP contribution in [0.4, 0.5) is 0 Å². The number of hydrogen-bond donors (Lipinski definition) is 2. The SMILES string of the molecule is CC1=C(CO)C(=O)OC([C@@H](C)[C@H]2CC[C@H]3[C@@H]4[C@@H](O)C=C5CC=CC(=O)[C@]5(C)[C@H]4CC[C@]23C)C1. The summed E-state index contributed by atoms with van der Waals surface area (Å²) in [6, 6.07) is 0. The van der Waals surface area contributed by atoms with Crippen LogP contribution in [0.25, 0.3) is 0 Å². The van der Waals surface area contributed by atoms with Crippen LogP contribution in [-0.2, 0) is 14.3 Å². The monoisotopic (exact) mass is 454 g/mol. The number of aliphatic hydroxyl groups is 2. The molecule has 5 aliphatic rings. The van der Waals surface area contributed by atoms with Crippen molar-refractivity contribution in [1.82, 2.24) is 0 Å². The Morgan fingerprint density at radius 1 is 1.18 bits per heavy atom. The first-order chi connectivity index (χ1) is 15.6. The van der Waals surface area contributed by atoms with E-state index in [4.69, 9.17) is 4.74 Å². The summed E-state index contributed by atoms with van der Waals surface area (Å²) in [5.41, 5.74) is 2.02. The van der Waals surface area contributed by atoms with E-state index in [2.05, 4.69) is 20.8 Å². The van der Waals surface area contributed by atoms with Gasteiger partial charge in [-0.1, -0.05) is 37.1 Å². The lowest BCUT2D eigenvalue weighted by Crippen LogP contribution is -2.56.